The SMILES string of the molecule is COc1cc(C(=O)N2CCC(CCN3CCC(Nc4nc5ccccc5n4Cc4ccncc4)CC3)(c3ccccc3)C2)cc(OC)c1OC. The number of methoxy groups -OCH3 is 3. The topological polar surface area (TPSA) is 94.0 Å². The molecule has 10 nitrogen and oxygen atoms in total. The minimum absolute atomic E-state index is 0.0242. The summed E-state index contributed by atoms with van der Waals surface area (Å²) >= 11 is 0. The van der Waals surface area contributed by atoms with Crippen LogP contribution in [-0.4, -0.2) is 90.3 Å². The van der Waals surface area contributed by atoms with Crippen LogP contribution in [-0.2, 0) is 12.0 Å². The number of carbonyl (C=O) groups is 1. The van der Waals surface area contributed by atoms with Crippen molar-refractivity contribution in [2.24, 2.45) is 0 Å². The van der Waals surface area contributed by atoms with E-state index in [0.717, 1.165) is 68.8 Å². The second-order valence-corrected chi connectivity index (χ2v) is 13.4. The first kappa shape index (κ1) is 33.4. The number of ether oxygens (including phenoxy) is 3. The van der Waals surface area contributed by atoms with E-state index in [1.165, 1.54) is 11.1 Å². The van der Waals surface area contributed by atoms with Gasteiger partial charge in [-0.1, -0.05) is 42.5 Å². The van der Waals surface area contributed by atoms with Crippen LogP contribution in [0.1, 0.15) is 47.2 Å². The average molecular weight is 675 g/mol. The van der Waals surface area contributed by atoms with Crippen LogP contribution in [0.5, 0.6) is 17.2 Å². The zero-order chi connectivity index (χ0) is 34.5. The number of pyridine rings is 1. The highest BCUT2D eigenvalue weighted by Gasteiger charge is 2.42. The van der Waals surface area contributed by atoms with Crippen LogP contribution in [0.2, 0.25) is 0 Å². The van der Waals surface area contributed by atoms with Crippen molar-refractivity contribution in [2.45, 2.75) is 43.7 Å². The molecule has 0 bridgehead atoms. The third-order valence-corrected chi connectivity index (χ3v) is 10.5. The number of piperidine rings is 1. The van der Waals surface area contributed by atoms with E-state index in [1.54, 1.807) is 33.5 Å². The van der Waals surface area contributed by atoms with E-state index in [4.69, 9.17) is 19.2 Å². The van der Waals surface area contributed by atoms with Crippen LogP contribution in [0.3, 0.4) is 0 Å². The molecule has 2 aliphatic rings. The molecule has 2 aliphatic heterocycles. The van der Waals surface area contributed by atoms with Gasteiger partial charge in [0.25, 0.3) is 5.91 Å². The van der Waals surface area contributed by atoms with Gasteiger partial charge in [0, 0.05) is 55.6 Å². The number of rotatable bonds is 12. The highest BCUT2D eigenvalue weighted by molar-refractivity contribution is 5.96. The van der Waals surface area contributed by atoms with Gasteiger partial charge in [-0.05, 0) is 79.8 Å². The van der Waals surface area contributed by atoms with Gasteiger partial charge in [0.2, 0.25) is 11.7 Å². The van der Waals surface area contributed by atoms with Crippen LogP contribution in [0, 0.1) is 0 Å². The van der Waals surface area contributed by atoms with Gasteiger partial charge in [0.05, 0.1) is 38.9 Å². The van der Waals surface area contributed by atoms with Gasteiger partial charge in [-0.2, -0.15) is 0 Å². The van der Waals surface area contributed by atoms with Crippen molar-refractivity contribution >= 4 is 22.9 Å². The zero-order valence-electron chi connectivity index (χ0n) is 29.2. The van der Waals surface area contributed by atoms with Crippen LogP contribution in [0.4, 0.5) is 5.95 Å². The fourth-order valence-corrected chi connectivity index (χ4v) is 7.68. The molecular formula is C40H46N6O4. The largest absolute Gasteiger partial charge is 0.493 e. The fourth-order valence-electron chi connectivity index (χ4n) is 7.68. The van der Waals surface area contributed by atoms with Crippen molar-refractivity contribution in [3.63, 3.8) is 0 Å². The van der Waals surface area contributed by atoms with E-state index in [9.17, 15) is 4.79 Å². The molecule has 1 amide bonds. The quantitative estimate of drug-likeness (QED) is 0.166. The molecule has 1 unspecified atom stereocenters. The average Bonchev–Trinajstić information content (AvgIpc) is 3.76. The number of anilines is 1. The number of imidazole rings is 1. The smallest absolute Gasteiger partial charge is 0.254 e. The summed E-state index contributed by atoms with van der Waals surface area (Å²) in [6, 6.07) is 27.0. The van der Waals surface area contributed by atoms with Crippen molar-refractivity contribution in [1.82, 2.24) is 24.3 Å². The maximum Gasteiger partial charge on any atom is 0.254 e. The summed E-state index contributed by atoms with van der Waals surface area (Å²) in [7, 11) is 4.71. The highest BCUT2D eigenvalue weighted by atomic mass is 16.5. The number of amides is 1. The van der Waals surface area contributed by atoms with E-state index in [0.29, 0.717) is 41.9 Å². The molecule has 50 heavy (non-hydrogen) atoms. The minimum Gasteiger partial charge on any atom is -0.493 e. The number of nitrogens with one attached hydrogen (secondary N) is 1. The molecule has 0 radical (unpaired) electrons. The van der Waals surface area contributed by atoms with Gasteiger partial charge in [0.15, 0.2) is 11.5 Å². The summed E-state index contributed by atoms with van der Waals surface area (Å²) in [6.07, 6.45) is 7.67. The predicted molar refractivity (Wildman–Crippen MR) is 196 cm³/mol. The number of carbonyl (C=O) groups excluding carboxylic acids is 1. The Bertz CT molecular complexity index is 1880. The van der Waals surface area contributed by atoms with Crippen LogP contribution in [0.15, 0.2) is 91.3 Å². The summed E-state index contributed by atoms with van der Waals surface area (Å²) < 4.78 is 18.8. The number of aromatic nitrogens is 3. The summed E-state index contributed by atoms with van der Waals surface area (Å²) in [4.78, 5) is 27.7. The molecule has 260 valence electrons. The number of benzene rings is 3. The Morgan fingerprint density at radius 1 is 0.880 bits per heavy atom. The third-order valence-electron chi connectivity index (χ3n) is 10.5. The Balaban J connectivity index is 1.01. The van der Waals surface area contributed by atoms with E-state index in [-0.39, 0.29) is 11.3 Å². The minimum atomic E-state index is -0.121. The molecule has 7 rings (SSSR count). The first-order valence-corrected chi connectivity index (χ1v) is 17.5. The van der Waals surface area contributed by atoms with Crippen LogP contribution in [0.25, 0.3) is 11.0 Å². The second-order valence-electron chi connectivity index (χ2n) is 13.4. The summed E-state index contributed by atoms with van der Waals surface area (Å²) in [5.74, 6) is 2.34. The number of hydrogen-bond donors (Lipinski definition) is 1. The van der Waals surface area contributed by atoms with E-state index >= 15 is 0 Å². The van der Waals surface area contributed by atoms with Gasteiger partial charge in [0.1, 0.15) is 0 Å². The molecule has 5 aromatic rings. The Morgan fingerprint density at radius 2 is 1.58 bits per heavy atom. The molecule has 4 heterocycles. The monoisotopic (exact) mass is 674 g/mol. The Kier molecular flexibility index (Phi) is 9.89. The normalized spacial score (nSPS) is 18.3. The fraction of sp³-hybridized carbons (Fsp3) is 0.375. The Labute approximate surface area is 294 Å². The maximum absolute atomic E-state index is 13.9. The summed E-state index contributed by atoms with van der Waals surface area (Å²) in [5.41, 5.74) is 5.04. The highest BCUT2D eigenvalue weighted by Crippen LogP contribution is 2.41. The molecule has 1 N–H and O–H groups in total. The number of hydrogen-bond acceptors (Lipinski definition) is 8. The Morgan fingerprint density at radius 3 is 2.28 bits per heavy atom. The standard InChI is InChI=1S/C40H46N6O4/c1-48-35-25-30(26-36(49-2)37(35)50-3)38(47)45-24-18-40(28-45,31-9-5-4-6-10-31)17-23-44-21-15-32(16-22-44)42-39-43-33-11-7-8-12-34(33)46(39)27-29-13-19-41-20-14-29/h4-14,19-20,25-26,32H,15-18,21-24,27-28H2,1-3H3,(H,42,43). The molecule has 2 aromatic heterocycles. The first-order chi connectivity index (χ1) is 24.5. The first-order valence-electron chi connectivity index (χ1n) is 17.5. The molecule has 1 atom stereocenters. The van der Waals surface area contributed by atoms with E-state index < -0.39 is 0 Å². The zero-order valence-corrected chi connectivity index (χ0v) is 29.2. The van der Waals surface area contributed by atoms with E-state index in [2.05, 4.69) is 80.4 Å². The summed E-state index contributed by atoms with van der Waals surface area (Å²) in [6.45, 7) is 5.11. The molecule has 0 saturated carbocycles. The van der Waals surface area contributed by atoms with E-state index in [1.807, 2.05) is 23.4 Å². The van der Waals surface area contributed by atoms with Gasteiger partial charge in [-0.3, -0.25) is 9.78 Å². The number of fused-ring (bicyclic) bond motifs is 1. The predicted octanol–water partition coefficient (Wildman–Crippen LogP) is 6.26. The van der Waals surface area contributed by atoms with Crippen molar-refractivity contribution in [3.05, 3.63) is 108 Å². The van der Waals surface area contributed by atoms with Crippen LogP contribution < -0.4 is 19.5 Å². The molecule has 0 aliphatic carbocycles. The second kappa shape index (κ2) is 14.8. The van der Waals surface area contributed by atoms with Gasteiger partial charge < -0.3 is 33.9 Å². The molecule has 3 aromatic carbocycles. The van der Waals surface area contributed by atoms with Gasteiger partial charge >= 0.3 is 0 Å². The van der Waals surface area contributed by atoms with Crippen molar-refractivity contribution in [3.8, 4) is 17.2 Å². The number of likely N-dealkylation sites (tertiary alicyclic amines) is 2. The molecule has 2 fully saturated rings. The lowest BCUT2D eigenvalue weighted by atomic mass is 9.76. The number of para-hydroxylation sites is 2. The Hall–Kier alpha value is -5.09. The molecule has 0 spiro atoms. The lowest BCUT2D eigenvalue weighted by Gasteiger charge is -2.36. The molecular weight excluding hydrogens is 628 g/mol. The van der Waals surface area contributed by atoms with Gasteiger partial charge in [-0.25, -0.2) is 4.98 Å². The lowest BCUT2D eigenvalue weighted by Crippen LogP contribution is -2.42. The molecule has 10 heteroatoms. The van der Waals surface area contributed by atoms with Crippen molar-refractivity contribution in [1.29, 1.82) is 0 Å². The maximum atomic E-state index is 13.9. The third kappa shape index (κ3) is 6.85. The lowest BCUT2D eigenvalue weighted by molar-refractivity contribution is 0.0779. The van der Waals surface area contributed by atoms with Crippen molar-refractivity contribution < 1.29 is 19.0 Å². The summed E-state index contributed by atoms with van der Waals surface area (Å²) in [5, 5.41) is 3.81. The molecule has 2 saturated heterocycles. The van der Waals surface area contributed by atoms with Gasteiger partial charge in [-0.15, -0.1) is 0 Å². The van der Waals surface area contributed by atoms with Crippen molar-refractivity contribution in [2.75, 3.05) is 59.4 Å². The van der Waals surface area contributed by atoms with Crippen LogP contribution >= 0.6 is 0 Å². The number of nitrogens with zero attached hydrogens (tertiary/aromatic N) is 5.